The number of aromatic nitrogens is 2. The van der Waals surface area contributed by atoms with E-state index in [1.165, 1.54) is 0 Å². The topological polar surface area (TPSA) is 106 Å². The molecule has 1 aliphatic rings. The largest absolute Gasteiger partial charge is 0.490 e. The number of hydrogen-bond donors (Lipinski definition) is 2. The van der Waals surface area contributed by atoms with Crippen LogP contribution in [0.2, 0.25) is 0 Å². The first-order chi connectivity index (χ1) is 15.4. The average molecular weight is 607 g/mol. The number of nitrogens with two attached hydrogens (primary N) is 1. The molecule has 2 heterocycles. The van der Waals surface area contributed by atoms with Crippen LogP contribution in [0.25, 0.3) is 0 Å². The number of halogens is 2. The monoisotopic (exact) mass is 606 g/mol. The minimum Gasteiger partial charge on any atom is -0.490 e. The summed E-state index contributed by atoms with van der Waals surface area (Å²) in [4.78, 5) is 0. The highest BCUT2D eigenvalue weighted by atomic mass is 127. The molecule has 0 aliphatic carbocycles. The summed E-state index contributed by atoms with van der Waals surface area (Å²) in [5.74, 6) is 1.28. The summed E-state index contributed by atoms with van der Waals surface area (Å²) in [6, 6.07) is 14.1. The Morgan fingerprint density at radius 2 is 2.03 bits per heavy atom. The van der Waals surface area contributed by atoms with Crippen LogP contribution in [0, 0.1) is 21.8 Å². The van der Waals surface area contributed by atoms with Crippen LogP contribution in [0.4, 0.5) is 0 Å². The molecule has 3 aromatic rings. The summed E-state index contributed by atoms with van der Waals surface area (Å²) in [5.41, 5.74) is 9.88. The van der Waals surface area contributed by atoms with E-state index >= 15 is 0 Å². The smallest absolute Gasteiger partial charge is 0.244 e. The predicted octanol–water partition coefficient (Wildman–Crippen LogP) is 5.28. The summed E-state index contributed by atoms with van der Waals surface area (Å²) in [6.07, 6.45) is 0. The fourth-order valence-corrected chi connectivity index (χ4v) is 4.67. The fourth-order valence-electron chi connectivity index (χ4n) is 3.63. The zero-order chi connectivity index (χ0) is 22.8. The molecular weight excluding hydrogens is 587 g/mol. The molecule has 0 unspecified atom stereocenters. The van der Waals surface area contributed by atoms with Gasteiger partial charge in [0.1, 0.15) is 18.2 Å². The van der Waals surface area contributed by atoms with Crippen molar-refractivity contribution in [1.82, 2.24) is 10.2 Å². The normalized spacial score (nSPS) is 15.0. The number of benzene rings is 2. The van der Waals surface area contributed by atoms with Crippen LogP contribution < -0.4 is 19.9 Å². The second-order valence-corrected chi connectivity index (χ2v) is 9.25. The number of nitrogens with zero attached hydrogens (tertiary/aromatic N) is 2. The van der Waals surface area contributed by atoms with E-state index in [1.54, 1.807) is 0 Å². The van der Waals surface area contributed by atoms with E-state index in [4.69, 9.17) is 19.9 Å². The molecule has 0 saturated heterocycles. The molecule has 2 aromatic carbocycles. The SMILES string of the molecule is CCOc1cc([C@H]2C(C#N)=C(N)Oc3n[nH]c(C)c32)cc(I)c1OCc1ccc(Br)cc1. The standard InChI is InChI=1S/C23H20BrIN4O3/c1-3-30-18-9-14(8-17(25)21(18)31-11-13-4-6-15(24)7-5-13)20-16(10-26)22(27)32-23-19(20)12(2)28-29-23/h4-9,20H,3,11,27H2,1-2H3,(H,28,29)/t20-/m0/s1. The maximum atomic E-state index is 9.81. The molecule has 32 heavy (non-hydrogen) atoms. The van der Waals surface area contributed by atoms with Gasteiger partial charge in [-0.15, -0.1) is 5.10 Å². The maximum Gasteiger partial charge on any atom is 0.244 e. The van der Waals surface area contributed by atoms with Crippen LogP contribution in [0.5, 0.6) is 17.4 Å². The number of fused-ring (bicyclic) bond motifs is 1. The van der Waals surface area contributed by atoms with Gasteiger partial charge in [0.15, 0.2) is 11.5 Å². The van der Waals surface area contributed by atoms with Crippen molar-refractivity contribution in [1.29, 1.82) is 5.26 Å². The third-order valence-electron chi connectivity index (χ3n) is 5.09. The molecule has 0 fully saturated rings. The van der Waals surface area contributed by atoms with Crippen LogP contribution in [0.1, 0.15) is 35.2 Å². The molecule has 0 amide bonds. The van der Waals surface area contributed by atoms with E-state index < -0.39 is 5.92 Å². The van der Waals surface area contributed by atoms with Gasteiger partial charge in [0.25, 0.3) is 0 Å². The molecular formula is C23H20BrIN4O3. The minimum absolute atomic E-state index is 0.0556. The first kappa shape index (κ1) is 22.5. The number of aryl methyl sites for hydroxylation is 1. The van der Waals surface area contributed by atoms with Crippen molar-refractivity contribution in [2.45, 2.75) is 26.4 Å². The molecule has 3 N–H and O–H groups in total. The number of ether oxygens (including phenoxy) is 3. The summed E-state index contributed by atoms with van der Waals surface area (Å²) in [7, 11) is 0. The zero-order valence-corrected chi connectivity index (χ0v) is 21.2. The van der Waals surface area contributed by atoms with Gasteiger partial charge in [0, 0.05) is 15.7 Å². The van der Waals surface area contributed by atoms with E-state index in [2.05, 4.69) is 54.8 Å². The molecule has 164 valence electrons. The lowest BCUT2D eigenvalue weighted by molar-refractivity contribution is 0.267. The molecule has 1 atom stereocenters. The Balaban J connectivity index is 1.75. The molecule has 0 spiro atoms. The highest BCUT2D eigenvalue weighted by Gasteiger charge is 2.35. The Kier molecular flexibility index (Phi) is 6.62. The highest BCUT2D eigenvalue weighted by Crippen LogP contribution is 2.45. The van der Waals surface area contributed by atoms with Gasteiger partial charge in [0.2, 0.25) is 11.8 Å². The minimum atomic E-state index is -0.421. The Bertz CT molecular complexity index is 1230. The number of H-pyrrole nitrogens is 1. The van der Waals surface area contributed by atoms with Crippen LogP contribution >= 0.6 is 38.5 Å². The second kappa shape index (κ2) is 9.42. The third kappa shape index (κ3) is 4.29. The van der Waals surface area contributed by atoms with E-state index in [9.17, 15) is 5.26 Å². The lowest BCUT2D eigenvalue weighted by atomic mass is 9.84. The van der Waals surface area contributed by atoms with E-state index in [-0.39, 0.29) is 5.88 Å². The van der Waals surface area contributed by atoms with Crippen LogP contribution in [-0.2, 0) is 6.61 Å². The lowest BCUT2D eigenvalue weighted by Crippen LogP contribution is -2.21. The van der Waals surface area contributed by atoms with Crippen molar-refractivity contribution in [3.63, 3.8) is 0 Å². The van der Waals surface area contributed by atoms with Crippen molar-refractivity contribution >= 4 is 38.5 Å². The number of aromatic amines is 1. The van der Waals surface area contributed by atoms with Crippen LogP contribution in [0.3, 0.4) is 0 Å². The summed E-state index contributed by atoms with van der Waals surface area (Å²) in [6.45, 7) is 4.69. The van der Waals surface area contributed by atoms with Gasteiger partial charge in [-0.2, -0.15) is 5.26 Å². The number of rotatable bonds is 6. The van der Waals surface area contributed by atoms with Crippen molar-refractivity contribution < 1.29 is 14.2 Å². The third-order valence-corrected chi connectivity index (χ3v) is 6.42. The molecule has 1 aromatic heterocycles. The van der Waals surface area contributed by atoms with Crippen molar-refractivity contribution in [2.24, 2.45) is 5.73 Å². The lowest BCUT2D eigenvalue weighted by Gasteiger charge is -2.25. The van der Waals surface area contributed by atoms with Crippen LogP contribution in [0.15, 0.2) is 52.3 Å². The van der Waals surface area contributed by atoms with E-state index in [0.717, 1.165) is 30.4 Å². The van der Waals surface area contributed by atoms with Gasteiger partial charge in [-0.25, -0.2) is 0 Å². The Morgan fingerprint density at radius 3 is 2.72 bits per heavy atom. The Morgan fingerprint density at radius 1 is 1.28 bits per heavy atom. The van der Waals surface area contributed by atoms with E-state index in [1.807, 2.05) is 50.2 Å². The van der Waals surface area contributed by atoms with Gasteiger partial charge >= 0.3 is 0 Å². The first-order valence-corrected chi connectivity index (χ1v) is 11.8. The van der Waals surface area contributed by atoms with Crippen molar-refractivity contribution in [3.05, 3.63) is 78.3 Å². The Labute approximate surface area is 207 Å². The molecule has 0 radical (unpaired) electrons. The highest BCUT2D eigenvalue weighted by molar-refractivity contribution is 14.1. The quantitative estimate of drug-likeness (QED) is 0.370. The van der Waals surface area contributed by atoms with Gasteiger partial charge in [-0.1, -0.05) is 28.1 Å². The average Bonchev–Trinajstić information content (AvgIpc) is 3.13. The van der Waals surface area contributed by atoms with E-state index in [0.29, 0.717) is 36.2 Å². The zero-order valence-electron chi connectivity index (χ0n) is 17.4. The van der Waals surface area contributed by atoms with Crippen molar-refractivity contribution in [2.75, 3.05) is 6.61 Å². The second-order valence-electron chi connectivity index (χ2n) is 7.17. The summed E-state index contributed by atoms with van der Waals surface area (Å²) in [5, 5.41) is 16.9. The van der Waals surface area contributed by atoms with Crippen LogP contribution in [-0.4, -0.2) is 16.8 Å². The number of nitriles is 1. The molecule has 0 saturated carbocycles. The van der Waals surface area contributed by atoms with Gasteiger partial charge in [-0.05, 0) is 71.8 Å². The first-order valence-electron chi connectivity index (χ1n) is 9.88. The number of hydrogen-bond acceptors (Lipinski definition) is 6. The van der Waals surface area contributed by atoms with Gasteiger partial charge < -0.3 is 19.9 Å². The number of nitrogens with one attached hydrogen (secondary N) is 1. The molecule has 9 heteroatoms. The molecule has 1 aliphatic heterocycles. The summed E-state index contributed by atoms with van der Waals surface area (Å²) < 4.78 is 19.5. The summed E-state index contributed by atoms with van der Waals surface area (Å²) >= 11 is 5.68. The molecule has 0 bridgehead atoms. The molecule has 4 rings (SSSR count). The predicted molar refractivity (Wildman–Crippen MR) is 131 cm³/mol. The maximum absolute atomic E-state index is 9.81. The van der Waals surface area contributed by atoms with Gasteiger partial charge in [-0.3, -0.25) is 5.10 Å². The number of allylic oxidation sites excluding steroid dienone is 1. The molecule has 7 nitrogen and oxygen atoms in total. The van der Waals surface area contributed by atoms with Crippen molar-refractivity contribution in [3.8, 4) is 23.4 Å². The fraction of sp³-hybridized carbons (Fsp3) is 0.217. The Hall–Kier alpha value is -2.71. The van der Waals surface area contributed by atoms with Gasteiger partial charge in [0.05, 0.1) is 16.1 Å².